The number of hydrogen-bond acceptors (Lipinski definition) is 3. The van der Waals surface area contributed by atoms with E-state index in [2.05, 4.69) is 6.92 Å². The first-order chi connectivity index (χ1) is 9.22. The second kappa shape index (κ2) is 6.40. The molecule has 3 nitrogen and oxygen atoms in total. The summed E-state index contributed by atoms with van der Waals surface area (Å²) in [5, 5.41) is 11.1. The van der Waals surface area contributed by atoms with Crippen molar-refractivity contribution in [3.8, 4) is 5.75 Å². The standard InChI is InChI=1S/C16H24O3/c1-3-12-19-14-9-5-4-8-13(14)16(17)11-7-6-10-15(16)18-2/h4-5,8-9,15,17H,3,6-7,10-12H2,1-2H3. The second-order valence-electron chi connectivity index (χ2n) is 5.24. The van der Waals surface area contributed by atoms with Crippen LogP contribution in [-0.4, -0.2) is 24.9 Å². The molecule has 19 heavy (non-hydrogen) atoms. The summed E-state index contributed by atoms with van der Waals surface area (Å²) in [4.78, 5) is 0. The molecule has 0 bridgehead atoms. The van der Waals surface area contributed by atoms with E-state index in [9.17, 15) is 5.11 Å². The van der Waals surface area contributed by atoms with Gasteiger partial charge in [0.1, 0.15) is 11.4 Å². The second-order valence-corrected chi connectivity index (χ2v) is 5.24. The topological polar surface area (TPSA) is 38.7 Å². The van der Waals surface area contributed by atoms with Gasteiger partial charge in [-0.25, -0.2) is 0 Å². The molecule has 0 saturated heterocycles. The number of hydrogen-bond donors (Lipinski definition) is 1. The summed E-state index contributed by atoms with van der Waals surface area (Å²) in [6, 6.07) is 7.79. The quantitative estimate of drug-likeness (QED) is 0.887. The lowest BCUT2D eigenvalue weighted by Crippen LogP contribution is -2.43. The lowest BCUT2D eigenvalue weighted by molar-refractivity contribution is -0.123. The first-order valence-corrected chi connectivity index (χ1v) is 7.20. The molecule has 2 atom stereocenters. The Hall–Kier alpha value is -1.06. The van der Waals surface area contributed by atoms with Crippen molar-refractivity contribution >= 4 is 0 Å². The van der Waals surface area contributed by atoms with Crippen LogP contribution in [0.5, 0.6) is 5.75 Å². The van der Waals surface area contributed by atoms with Crippen molar-refractivity contribution in [2.75, 3.05) is 13.7 Å². The number of rotatable bonds is 5. The van der Waals surface area contributed by atoms with Crippen LogP contribution in [0.1, 0.15) is 44.6 Å². The van der Waals surface area contributed by atoms with Crippen molar-refractivity contribution < 1.29 is 14.6 Å². The molecule has 0 spiro atoms. The van der Waals surface area contributed by atoms with Crippen molar-refractivity contribution in [1.82, 2.24) is 0 Å². The van der Waals surface area contributed by atoms with Gasteiger partial charge in [-0.05, 0) is 25.3 Å². The van der Waals surface area contributed by atoms with Gasteiger partial charge in [-0.15, -0.1) is 0 Å². The smallest absolute Gasteiger partial charge is 0.125 e. The number of para-hydroxylation sites is 1. The maximum Gasteiger partial charge on any atom is 0.125 e. The van der Waals surface area contributed by atoms with E-state index in [1.54, 1.807) is 7.11 Å². The molecule has 106 valence electrons. The molecule has 2 rings (SSSR count). The largest absolute Gasteiger partial charge is 0.493 e. The van der Waals surface area contributed by atoms with Gasteiger partial charge in [-0.2, -0.15) is 0 Å². The monoisotopic (exact) mass is 264 g/mol. The zero-order valence-corrected chi connectivity index (χ0v) is 11.9. The molecule has 2 unspecified atom stereocenters. The summed E-state index contributed by atoms with van der Waals surface area (Å²) in [7, 11) is 1.68. The molecule has 1 aliphatic rings. The minimum absolute atomic E-state index is 0.146. The fraction of sp³-hybridized carbons (Fsp3) is 0.625. The molecule has 1 N–H and O–H groups in total. The molecular formula is C16H24O3. The zero-order chi connectivity index (χ0) is 13.7. The Morgan fingerprint density at radius 2 is 2.11 bits per heavy atom. The van der Waals surface area contributed by atoms with Crippen LogP contribution < -0.4 is 4.74 Å². The van der Waals surface area contributed by atoms with Gasteiger partial charge in [0.05, 0.1) is 12.7 Å². The average molecular weight is 264 g/mol. The van der Waals surface area contributed by atoms with E-state index < -0.39 is 5.60 Å². The van der Waals surface area contributed by atoms with Gasteiger partial charge < -0.3 is 14.6 Å². The van der Waals surface area contributed by atoms with Crippen LogP contribution in [-0.2, 0) is 10.3 Å². The predicted molar refractivity (Wildman–Crippen MR) is 75.4 cm³/mol. The Labute approximate surface area is 115 Å². The van der Waals surface area contributed by atoms with Crippen LogP contribution in [0.4, 0.5) is 0 Å². The van der Waals surface area contributed by atoms with Crippen LogP contribution in [0, 0.1) is 0 Å². The van der Waals surface area contributed by atoms with Crippen LogP contribution >= 0.6 is 0 Å². The van der Waals surface area contributed by atoms with E-state index >= 15 is 0 Å². The van der Waals surface area contributed by atoms with Gasteiger partial charge in [0.25, 0.3) is 0 Å². The molecule has 0 amide bonds. The lowest BCUT2D eigenvalue weighted by atomic mass is 9.77. The molecule has 3 heteroatoms. The summed E-state index contributed by atoms with van der Waals surface area (Å²) >= 11 is 0. The van der Waals surface area contributed by atoms with Crippen LogP contribution in [0.2, 0.25) is 0 Å². The highest BCUT2D eigenvalue weighted by atomic mass is 16.5. The maximum atomic E-state index is 11.1. The molecule has 1 aromatic carbocycles. The number of ether oxygens (including phenoxy) is 2. The van der Waals surface area contributed by atoms with Crippen LogP contribution in [0.15, 0.2) is 24.3 Å². The SMILES string of the molecule is CCCOc1ccccc1C1(O)CCCCC1OC. The van der Waals surface area contributed by atoms with Crippen LogP contribution in [0.25, 0.3) is 0 Å². The molecule has 0 aromatic heterocycles. The van der Waals surface area contributed by atoms with E-state index in [4.69, 9.17) is 9.47 Å². The van der Waals surface area contributed by atoms with E-state index in [0.717, 1.165) is 43.4 Å². The van der Waals surface area contributed by atoms with Gasteiger partial charge >= 0.3 is 0 Å². The third-order valence-electron chi connectivity index (χ3n) is 3.91. The van der Waals surface area contributed by atoms with Crippen LogP contribution in [0.3, 0.4) is 0 Å². The molecular weight excluding hydrogens is 240 g/mol. The highest BCUT2D eigenvalue weighted by molar-refractivity contribution is 5.39. The zero-order valence-electron chi connectivity index (χ0n) is 11.9. The van der Waals surface area contributed by atoms with E-state index in [-0.39, 0.29) is 6.10 Å². The Kier molecular flexibility index (Phi) is 4.83. The Balaban J connectivity index is 2.32. The summed E-state index contributed by atoms with van der Waals surface area (Å²) < 4.78 is 11.3. The highest BCUT2D eigenvalue weighted by Gasteiger charge is 2.42. The lowest BCUT2D eigenvalue weighted by Gasteiger charge is -2.40. The van der Waals surface area contributed by atoms with E-state index in [0.29, 0.717) is 6.61 Å². The van der Waals surface area contributed by atoms with Crippen molar-refractivity contribution in [2.45, 2.75) is 50.7 Å². The summed E-state index contributed by atoms with van der Waals surface area (Å²) in [6.07, 6.45) is 4.58. The molecule has 0 aliphatic heterocycles. The fourth-order valence-corrected chi connectivity index (χ4v) is 2.91. The molecule has 1 aliphatic carbocycles. The van der Waals surface area contributed by atoms with Gasteiger partial charge in [0.2, 0.25) is 0 Å². The summed E-state index contributed by atoms with van der Waals surface area (Å²) in [6.45, 7) is 2.75. The Morgan fingerprint density at radius 1 is 1.32 bits per heavy atom. The van der Waals surface area contributed by atoms with E-state index in [1.165, 1.54) is 0 Å². The first kappa shape index (κ1) is 14.4. The summed E-state index contributed by atoms with van der Waals surface area (Å²) in [5.74, 6) is 0.788. The maximum absolute atomic E-state index is 11.1. The molecule has 0 radical (unpaired) electrons. The Morgan fingerprint density at radius 3 is 2.84 bits per heavy atom. The van der Waals surface area contributed by atoms with Crippen molar-refractivity contribution in [1.29, 1.82) is 0 Å². The molecule has 0 heterocycles. The van der Waals surface area contributed by atoms with Crippen molar-refractivity contribution in [3.63, 3.8) is 0 Å². The predicted octanol–water partition coefficient (Wildman–Crippen LogP) is 3.25. The average Bonchev–Trinajstić information content (AvgIpc) is 2.46. The number of aliphatic hydroxyl groups is 1. The van der Waals surface area contributed by atoms with Gasteiger partial charge in [0.15, 0.2) is 0 Å². The molecule has 1 fully saturated rings. The van der Waals surface area contributed by atoms with E-state index in [1.807, 2.05) is 24.3 Å². The minimum atomic E-state index is -0.919. The minimum Gasteiger partial charge on any atom is -0.493 e. The third kappa shape index (κ3) is 2.93. The normalized spacial score (nSPS) is 27.2. The highest BCUT2D eigenvalue weighted by Crippen LogP contribution is 2.42. The number of methoxy groups -OCH3 is 1. The third-order valence-corrected chi connectivity index (χ3v) is 3.91. The van der Waals surface area contributed by atoms with Gasteiger partial charge in [-0.1, -0.05) is 38.0 Å². The Bertz CT molecular complexity index is 405. The summed E-state index contributed by atoms with van der Waals surface area (Å²) in [5.41, 5.74) is -0.0489. The van der Waals surface area contributed by atoms with Crippen molar-refractivity contribution in [2.24, 2.45) is 0 Å². The molecule has 1 aromatic rings. The molecule has 1 saturated carbocycles. The first-order valence-electron chi connectivity index (χ1n) is 7.20. The fourth-order valence-electron chi connectivity index (χ4n) is 2.91. The van der Waals surface area contributed by atoms with Gasteiger partial charge in [0, 0.05) is 12.7 Å². The van der Waals surface area contributed by atoms with Crippen molar-refractivity contribution in [3.05, 3.63) is 29.8 Å². The number of benzene rings is 1. The van der Waals surface area contributed by atoms with Gasteiger partial charge in [-0.3, -0.25) is 0 Å².